The van der Waals surface area contributed by atoms with Crippen molar-refractivity contribution in [1.82, 2.24) is 0 Å². The zero-order chi connectivity index (χ0) is 16.5. The van der Waals surface area contributed by atoms with Crippen molar-refractivity contribution in [2.45, 2.75) is 44.8 Å². The van der Waals surface area contributed by atoms with E-state index in [1.165, 1.54) is 0 Å². The summed E-state index contributed by atoms with van der Waals surface area (Å²) >= 11 is 0. The molecule has 0 saturated heterocycles. The van der Waals surface area contributed by atoms with Gasteiger partial charge in [-0.05, 0) is 32.8 Å². The molecule has 1 aliphatic carbocycles. The number of aliphatic hydroxyl groups is 2. The van der Waals surface area contributed by atoms with Crippen LogP contribution in [0.2, 0.25) is 0 Å². The molecule has 0 saturated carbocycles. The molecule has 0 unspecified atom stereocenters. The maximum atomic E-state index is 12.5. The fraction of sp³-hybridized carbons (Fsp3) is 0.389. The molecule has 1 aromatic rings. The van der Waals surface area contributed by atoms with Gasteiger partial charge in [-0.1, -0.05) is 36.9 Å². The first-order chi connectivity index (χ1) is 10.2. The van der Waals surface area contributed by atoms with E-state index >= 15 is 0 Å². The van der Waals surface area contributed by atoms with Crippen LogP contribution in [0, 0.1) is 0 Å². The Bertz CT molecular complexity index is 608. The number of hydrogen-bond donors (Lipinski definition) is 2. The number of ether oxygens (including phenoxy) is 1. The van der Waals surface area contributed by atoms with Gasteiger partial charge in [0.1, 0.15) is 11.4 Å². The maximum absolute atomic E-state index is 12.5. The lowest BCUT2D eigenvalue weighted by molar-refractivity contribution is -0.150. The second kappa shape index (κ2) is 5.97. The summed E-state index contributed by atoms with van der Waals surface area (Å²) < 4.78 is 5.40. The van der Waals surface area contributed by atoms with Crippen molar-refractivity contribution >= 4 is 5.97 Å². The summed E-state index contributed by atoms with van der Waals surface area (Å²) in [6, 6.07) is 9.31. The second-order valence-corrected chi connectivity index (χ2v) is 6.50. The van der Waals surface area contributed by atoms with Gasteiger partial charge < -0.3 is 14.9 Å². The highest BCUT2D eigenvalue weighted by molar-refractivity contribution is 5.92. The summed E-state index contributed by atoms with van der Waals surface area (Å²) in [7, 11) is 0. The van der Waals surface area contributed by atoms with Crippen LogP contribution in [-0.2, 0) is 9.53 Å². The molecule has 2 rings (SSSR count). The molecule has 0 heterocycles. The van der Waals surface area contributed by atoms with E-state index in [0.717, 1.165) is 5.56 Å². The Morgan fingerprint density at radius 3 is 2.41 bits per heavy atom. The maximum Gasteiger partial charge on any atom is 0.338 e. The van der Waals surface area contributed by atoms with Crippen LogP contribution < -0.4 is 0 Å². The van der Waals surface area contributed by atoms with Gasteiger partial charge in [0.15, 0.2) is 0 Å². The van der Waals surface area contributed by atoms with Crippen molar-refractivity contribution in [2.24, 2.45) is 0 Å². The summed E-state index contributed by atoms with van der Waals surface area (Å²) in [5.74, 6) is -1.26. The summed E-state index contributed by atoms with van der Waals surface area (Å²) in [4.78, 5) is 12.5. The largest absolute Gasteiger partial charge is 0.507 e. The minimum atomic E-state index is -0.878. The first-order valence-electron chi connectivity index (χ1n) is 7.29. The van der Waals surface area contributed by atoms with Crippen LogP contribution in [-0.4, -0.2) is 27.9 Å². The summed E-state index contributed by atoms with van der Waals surface area (Å²) in [6.07, 6.45) is -0.585. The van der Waals surface area contributed by atoms with Gasteiger partial charge in [-0.2, -0.15) is 0 Å². The zero-order valence-corrected chi connectivity index (χ0v) is 13.2. The molecule has 0 radical (unpaired) electrons. The lowest BCUT2D eigenvalue weighted by Crippen LogP contribution is -2.32. The van der Waals surface area contributed by atoms with Gasteiger partial charge in [0.05, 0.1) is 11.7 Å². The first kappa shape index (κ1) is 16.3. The Morgan fingerprint density at radius 2 is 1.86 bits per heavy atom. The Hall–Kier alpha value is -2.07. The molecule has 4 nitrogen and oxygen atoms in total. The molecule has 0 aliphatic heterocycles. The minimum Gasteiger partial charge on any atom is -0.507 e. The van der Waals surface area contributed by atoms with E-state index in [2.05, 4.69) is 6.58 Å². The van der Waals surface area contributed by atoms with Gasteiger partial charge >= 0.3 is 5.97 Å². The Morgan fingerprint density at radius 1 is 1.27 bits per heavy atom. The fourth-order valence-corrected chi connectivity index (χ4v) is 2.54. The van der Waals surface area contributed by atoms with Gasteiger partial charge in [0.2, 0.25) is 0 Å². The lowest BCUT2D eigenvalue weighted by atomic mass is 9.78. The van der Waals surface area contributed by atoms with Crippen LogP contribution in [0.25, 0.3) is 0 Å². The Balaban J connectivity index is 2.47. The topological polar surface area (TPSA) is 66.8 Å². The number of carbonyl (C=O) groups excluding carboxylic acids is 1. The quantitative estimate of drug-likeness (QED) is 0.823. The van der Waals surface area contributed by atoms with Crippen LogP contribution in [0.1, 0.15) is 38.7 Å². The van der Waals surface area contributed by atoms with Crippen molar-refractivity contribution in [3.8, 4) is 0 Å². The van der Waals surface area contributed by atoms with Crippen molar-refractivity contribution in [3.05, 3.63) is 59.4 Å². The van der Waals surface area contributed by atoms with Crippen LogP contribution in [0.15, 0.2) is 53.8 Å². The Kier molecular flexibility index (Phi) is 4.42. The third-order valence-electron chi connectivity index (χ3n) is 3.59. The van der Waals surface area contributed by atoms with Crippen LogP contribution >= 0.6 is 0 Å². The number of carbonyl (C=O) groups is 1. The van der Waals surface area contributed by atoms with Crippen molar-refractivity contribution in [1.29, 1.82) is 0 Å². The molecule has 2 atom stereocenters. The van der Waals surface area contributed by atoms with Gasteiger partial charge in [-0.25, -0.2) is 4.79 Å². The standard InChI is InChI=1S/C18H22O4/c1-11-14(19)10-13(12-8-6-5-7-9-12)15(16(11)20)17(21)22-18(2,3)4/h5-9,13-14,19-20H,1,10H2,2-4H3/t13-,14+/m0/s1. The normalized spacial score (nSPS) is 22.6. The summed E-state index contributed by atoms with van der Waals surface area (Å²) in [5, 5.41) is 20.4. The molecule has 0 bridgehead atoms. The average molecular weight is 302 g/mol. The van der Waals surface area contributed by atoms with Crippen LogP contribution in [0.4, 0.5) is 0 Å². The fourth-order valence-electron chi connectivity index (χ4n) is 2.54. The highest BCUT2D eigenvalue weighted by Gasteiger charge is 2.37. The summed E-state index contributed by atoms with van der Waals surface area (Å²) in [6.45, 7) is 8.98. The molecule has 0 aromatic heterocycles. The number of hydrogen-bond acceptors (Lipinski definition) is 4. The van der Waals surface area contributed by atoms with E-state index in [1.807, 2.05) is 30.3 Å². The molecule has 118 valence electrons. The number of esters is 1. The van der Waals surface area contributed by atoms with Crippen LogP contribution in [0.5, 0.6) is 0 Å². The molecule has 0 amide bonds. The summed E-state index contributed by atoms with van der Waals surface area (Å²) in [5.41, 5.74) is 0.508. The van der Waals surface area contributed by atoms with E-state index in [1.54, 1.807) is 20.8 Å². The van der Waals surface area contributed by atoms with Gasteiger partial charge in [-0.15, -0.1) is 0 Å². The highest BCUT2D eigenvalue weighted by Crippen LogP contribution is 2.39. The highest BCUT2D eigenvalue weighted by atomic mass is 16.6. The molecular formula is C18H22O4. The average Bonchev–Trinajstić information content (AvgIpc) is 2.43. The smallest absolute Gasteiger partial charge is 0.338 e. The molecule has 4 heteroatoms. The van der Waals surface area contributed by atoms with E-state index in [0.29, 0.717) is 6.42 Å². The van der Waals surface area contributed by atoms with Crippen molar-refractivity contribution in [3.63, 3.8) is 0 Å². The number of rotatable bonds is 2. The molecule has 0 fully saturated rings. The van der Waals surface area contributed by atoms with Gasteiger partial charge in [0.25, 0.3) is 0 Å². The molecule has 0 spiro atoms. The second-order valence-electron chi connectivity index (χ2n) is 6.50. The van der Waals surface area contributed by atoms with E-state index in [-0.39, 0.29) is 16.9 Å². The third-order valence-corrected chi connectivity index (χ3v) is 3.59. The predicted octanol–water partition coefficient (Wildman–Crippen LogP) is 3.24. The monoisotopic (exact) mass is 302 g/mol. The Labute approximate surface area is 130 Å². The molecule has 1 aromatic carbocycles. The molecular weight excluding hydrogens is 280 g/mol. The molecule has 22 heavy (non-hydrogen) atoms. The van der Waals surface area contributed by atoms with Gasteiger partial charge in [-0.3, -0.25) is 0 Å². The minimum absolute atomic E-state index is 0.160. The van der Waals surface area contributed by atoms with Crippen molar-refractivity contribution in [2.75, 3.05) is 0 Å². The van der Waals surface area contributed by atoms with Gasteiger partial charge in [0, 0.05) is 11.5 Å². The van der Waals surface area contributed by atoms with E-state index < -0.39 is 23.6 Å². The van der Waals surface area contributed by atoms with Crippen molar-refractivity contribution < 1.29 is 19.7 Å². The third kappa shape index (κ3) is 3.39. The zero-order valence-electron chi connectivity index (χ0n) is 13.2. The van der Waals surface area contributed by atoms with Crippen LogP contribution in [0.3, 0.4) is 0 Å². The van der Waals surface area contributed by atoms with E-state index in [9.17, 15) is 15.0 Å². The first-order valence-corrected chi connectivity index (χ1v) is 7.29. The SMILES string of the molecule is C=C1C(O)=C(C(=O)OC(C)(C)C)[C@H](c2ccccc2)C[C@H]1O. The molecule has 2 N–H and O–H groups in total. The number of aliphatic hydroxyl groups excluding tert-OH is 2. The lowest BCUT2D eigenvalue weighted by Gasteiger charge is -2.31. The predicted molar refractivity (Wildman–Crippen MR) is 84.4 cm³/mol. The van der Waals surface area contributed by atoms with E-state index in [4.69, 9.17) is 4.74 Å². The molecule has 1 aliphatic rings. The number of benzene rings is 1.